The van der Waals surface area contributed by atoms with Crippen molar-refractivity contribution in [1.29, 1.82) is 5.26 Å². The Morgan fingerprint density at radius 3 is 3.12 bits per heavy atom. The van der Waals surface area contributed by atoms with E-state index >= 15 is 0 Å². The van der Waals surface area contributed by atoms with Crippen molar-refractivity contribution in [3.8, 4) is 6.07 Å². The predicted octanol–water partition coefficient (Wildman–Crippen LogP) is 1.87. The van der Waals surface area contributed by atoms with E-state index in [-0.39, 0.29) is 0 Å². The maximum Gasteiger partial charge on any atom is 0.126 e. The first-order chi connectivity index (χ1) is 8.29. The lowest BCUT2D eigenvalue weighted by atomic mass is 10.2. The molecule has 0 spiro atoms. The molecule has 1 unspecified atom stereocenters. The van der Waals surface area contributed by atoms with Crippen LogP contribution >= 0.6 is 0 Å². The minimum absolute atomic E-state index is 0.359. The van der Waals surface area contributed by atoms with E-state index in [1.165, 1.54) is 6.42 Å². The zero-order chi connectivity index (χ0) is 11.8. The lowest BCUT2D eigenvalue weighted by Crippen LogP contribution is -2.16. The number of nitrogens with zero attached hydrogens (tertiary/aromatic N) is 3. The fourth-order valence-electron chi connectivity index (χ4n) is 2.49. The Morgan fingerprint density at radius 2 is 2.41 bits per heavy atom. The van der Waals surface area contributed by atoms with E-state index in [1.807, 2.05) is 25.2 Å². The number of hydrogen-bond donors (Lipinski definition) is 1. The molecule has 0 amide bonds. The van der Waals surface area contributed by atoms with E-state index in [1.54, 1.807) is 0 Å². The van der Waals surface area contributed by atoms with Gasteiger partial charge in [0, 0.05) is 7.05 Å². The van der Waals surface area contributed by atoms with E-state index in [2.05, 4.69) is 20.9 Å². The minimum atomic E-state index is 0.359. The molecule has 3 rings (SSSR count). The number of aromatic nitrogens is 2. The number of nitriles is 1. The fraction of sp³-hybridized carbons (Fsp3) is 0.385. The van der Waals surface area contributed by atoms with Gasteiger partial charge in [-0.25, -0.2) is 4.98 Å². The summed E-state index contributed by atoms with van der Waals surface area (Å²) < 4.78 is 2.10. The molecule has 1 aliphatic rings. The summed E-state index contributed by atoms with van der Waals surface area (Å²) in [5, 5.41) is 12.4. The molecule has 0 saturated carbocycles. The quantitative estimate of drug-likeness (QED) is 0.807. The maximum atomic E-state index is 8.91. The molecular formula is C13H14N4. The summed E-state index contributed by atoms with van der Waals surface area (Å²) in [6, 6.07) is 8.17. The molecule has 2 heterocycles. The lowest BCUT2D eigenvalue weighted by molar-refractivity contribution is 0.584. The average Bonchev–Trinajstić information content (AvgIpc) is 2.97. The molecule has 4 nitrogen and oxygen atoms in total. The van der Waals surface area contributed by atoms with Gasteiger partial charge in [-0.3, -0.25) is 0 Å². The van der Waals surface area contributed by atoms with E-state index in [0.29, 0.717) is 11.6 Å². The Balaban J connectivity index is 2.15. The predicted molar refractivity (Wildman–Crippen MR) is 65.4 cm³/mol. The van der Waals surface area contributed by atoms with Crippen molar-refractivity contribution in [2.24, 2.45) is 7.05 Å². The average molecular weight is 226 g/mol. The lowest BCUT2D eigenvalue weighted by Gasteiger charge is -2.09. The van der Waals surface area contributed by atoms with Crippen LogP contribution in [0.5, 0.6) is 0 Å². The molecule has 1 aliphatic heterocycles. The van der Waals surface area contributed by atoms with Crippen LogP contribution in [-0.2, 0) is 7.05 Å². The number of benzene rings is 1. The second kappa shape index (κ2) is 3.86. The van der Waals surface area contributed by atoms with Crippen LogP contribution in [0.4, 0.5) is 0 Å². The van der Waals surface area contributed by atoms with Gasteiger partial charge in [0.25, 0.3) is 0 Å². The molecule has 0 bridgehead atoms. The Kier molecular flexibility index (Phi) is 2.34. The molecule has 1 N–H and O–H groups in total. The van der Waals surface area contributed by atoms with Crippen LogP contribution in [0.1, 0.15) is 30.3 Å². The van der Waals surface area contributed by atoms with Crippen LogP contribution in [-0.4, -0.2) is 16.1 Å². The standard InChI is InChI=1S/C13H14N4/c1-17-12-7-9(8-14)4-5-10(12)16-13(17)11-3-2-6-15-11/h4-5,7,11,15H,2-3,6H2,1H3. The summed E-state index contributed by atoms with van der Waals surface area (Å²) in [7, 11) is 2.02. The number of fused-ring (bicyclic) bond motifs is 1. The Labute approximate surface area is 99.9 Å². The highest BCUT2D eigenvalue weighted by Gasteiger charge is 2.21. The van der Waals surface area contributed by atoms with Crippen LogP contribution < -0.4 is 5.32 Å². The van der Waals surface area contributed by atoms with Crippen LogP contribution in [0, 0.1) is 11.3 Å². The first-order valence-electron chi connectivity index (χ1n) is 5.89. The van der Waals surface area contributed by atoms with Crippen molar-refractivity contribution in [3.05, 3.63) is 29.6 Å². The van der Waals surface area contributed by atoms with Crippen LogP contribution in [0.3, 0.4) is 0 Å². The van der Waals surface area contributed by atoms with Gasteiger partial charge in [-0.15, -0.1) is 0 Å². The smallest absolute Gasteiger partial charge is 0.126 e. The topological polar surface area (TPSA) is 53.6 Å². The molecule has 2 aromatic rings. The highest BCUT2D eigenvalue weighted by atomic mass is 15.1. The van der Waals surface area contributed by atoms with Gasteiger partial charge in [-0.05, 0) is 37.6 Å². The van der Waals surface area contributed by atoms with Gasteiger partial charge in [0.2, 0.25) is 0 Å². The van der Waals surface area contributed by atoms with Crippen LogP contribution in [0.2, 0.25) is 0 Å². The number of aryl methyl sites for hydroxylation is 1. The highest BCUT2D eigenvalue weighted by molar-refractivity contribution is 5.77. The number of rotatable bonds is 1. The Hall–Kier alpha value is -1.86. The molecule has 4 heteroatoms. The van der Waals surface area contributed by atoms with E-state index in [9.17, 15) is 0 Å². The normalized spacial score (nSPS) is 19.6. The van der Waals surface area contributed by atoms with Gasteiger partial charge in [-0.1, -0.05) is 0 Å². The summed E-state index contributed by atoms with van der Waals surface area (Å²) in [4.78, 5) is 4.66. The van der Waals surface area contributed by atoms with Gasteiger partial charge in [0.15, 0.2) is 0 Å². The van der Waals surface area contributed by atoms with Crippen molar-refractivity contribution in [1.82, 2.24) is 14.9 Å². The summed E-state index contributed by atoms with van der Waals surface area (Å²) in [6.07, 6.45) is 2.35. The molecular weight excluding hydrogens is 212 g/mol. The zero-order valence-corrected chi connectivity index (χ0v) is 9.77. The molecule has 1 aromatic carbocycles. The third-order valence-electron chi connectivity index (χ3n) is 3.42. The number of imidazole rings is 1. The molecule has 0 radical (unpaired) electrons. The van der Waals surface area contributed by atoms with Crippen molar-refractivity contribution in [3.63, 3.8) is 0 Å². The molecule has 86 valence electrons. The Morgan fingerprint density at radius 1 is 1.53 bits per heavy atom. The summed E-state index contributed by atoms with van der Waals surface area (Å²) in [5.41, 5.74) is 2.69. The van der Waals surface area contributed by atoms with E-state index < -0.39 is 0 Å². The number of hydrogen-bond acceptors (Lipinski definition) is 3. The number of nitrogens with one attached hydrogen (secondary N) is 1. The molecule has 1 atom stereocenters. The van der Waals surface area contributed by atoms with E-state index in [4.69, 9.17) is 5.26 Å². The van der Waals surface area contributed by atoms with E-state index in [0.717, 1.165) is 29.8 Å². The van der Waals surface area contributed by atoms with Gasteiger partial charge >= 0.3 is 0 Å². The maximum absolute atomic E-state index is 8.91. The second-order valence-electron chi connectivity index (χ2n) is 4.49. The molecule has 1 aromatic heterocycles. The zero-order valence-electron chi connectivity index (χ0n) is 9.77. The molecule has 1 saturated heterocycles. The summed E-state index contributed by atoms with van der Waals surface area (Å²) >= 11 is 0. The third-order valence-corrected chi connectivity index (χ3v) is 3.42. The Bertz CT molecular complexity index is 600. The van der Waals surface area contributed by atoms with Gasteiger partial charge < -0.3 is 9.88 Å². The largest absolute Gasteiger partial charge is 0.330 e. The highest BCUT2D eigenvalue weighted by Crippen LogP contribution is 2.25. The van der Waals surface area contributed by atoms with Crippen LogP contribution in [0.25, 0.3) is 11.0 Å². The monoisotopic (exact) mass is 226 g/mol. The van der Waals surface area contributed by atoms with Crippen LogP contribution in [0.15, 0.2) is 18.2 Å². The molecule has 17 heavy (non-hydrogen) atoms. The second-order valence-corrected chi connectivity index (χ2v) is 4.49. The fourth-order valence-corrected chi connectivity index (χ4v) is 2.49. The summed E-state index contributed by atoms with van der Waals surface area (Å²) in [6.45, 7) is 1.07. The minimum Gasteiger partial charge on any atom is -0.330 e. The first kappa shape index (κ1) is 10.3. The molecule has 0 aliphatic carbocycles. The van der Waals surface area contributed by atoms with Crippen molar-refractivity contribution < 1.29 is 0 Å². The molecule has 1 fully saturated rings. The van der Waals surface area contributed by atoms with Gasteiger partial charge in [-0.2, -0.15) is 5.26 Å². The van der Waals surface area contributed by atoms with Crippen molar-refractivity contribution in [2.45, 2.75) is 18.9 Å². The SMILES string of the molecule is Cn1c(C2CCCN2)nc2ccc(C#N)cc21. The van der Waals surface area contributed by atoms with Crippen molar-refractivity contribution in [2.75, 3.05) is 6.54 Å². The third kappa shape index (κ3) is 1.60. The summed E-state index contributed by atoms with van der Waals surface area (Å²) in [5.74, 6) is 1.08. The first-order valence-corrected chi connectivity index (χ1v) is 5.89. The van der Waals surface area contributed by atoms with Gasteiger partial charge in [0.1, 0.15) is 5.82 Å². The van der Waals surface area contributed by atoms with Gasteiger partial charge in [0.05, 0.1) is 28.7 Å². The van der Waals surface area contributed by atoms with Crippen molar-refractivity contribution >= 4 is 11.0 Å².